The van der Waals surface area contributed by atoms with Gasteiger partial charge in [0.25, 0.3) is 0 Å². The minimum absolute atomic E-state index is 0.0240. The van der Waals surface area contributed by atoms with E-state index in [2.05, 4.69) is 15.6 Å². The molecule has 1 unspecified atom stereocenters. The van der Waals surface area contributed by atoms with Gasteiger partial charge in [0.2, 0.25) is 11.8 Å². The van der Waals surface area contributed by atoms with E-state index in [1.54, 1.807) is 12.4 Å². The highest BCUT2D eigenvalue weighted by atomic mass is 16.5. The Balaban J connectivity index is 1.65. The average Bonchev–Trinajstić information content (AvgIpc) is 2.98. The average molecular weight is 263 g/mol. The van der Waals surface area contributed by atoms with Crippen LogP contribution in [0.5, 0.6) is 0 Å². The fourth-order valence-corrected chi connectivity index (χ4v) is 1.83. The molecule has 0 aromatic carbocycles. The summed E-state index contributed by atoms with van der Waals surface area (Å²) in [6.45, 7) is 1.02. The Bertz CT molecular complexity index is 430. The molecule has 2 heterocycles. The zero-order valence-corrected chi connectivity index (χ0v) is 10.6. The standard InChI is InChI=1S/C13H17N3O3/c17-12(15-8-10-3-5-14-6-4-10)9-16-13(18)11-2-1-7-19-11/h3-6,11H,1-2,7-9H2,(H,15,17)(H,16,18). The number of hydrogen-bond donors (Lipinski definition) is 2. The monoisotopic (exact) mass is 263 g/mol. The lowest BCUT2D eigenvalue weighted by atomic mass is 10.2. The molecule has 1 saturated heterocycles. The SMILES string of the molecule is O=C(CNC(=O)C1CCCO1)NCc1ccncc1. The third-order valence-corrected chi connectivity index (χ3v) is 2.88. The quantitative estimate of drug-likeness (QED) is 0.783. The van der Waals surface area contributed by atoms with Gasteiger partial charge in [-0.25, -0.2) is 0 Å². The normalized spacial score (nSPS) is 18.0. The van der Waals surface area contributed by atoms with E-state index < -0.39 is 6.10 Å². The van der Waals surface area contributed by atoms with Crippen molar-refractivity contribution in [2.45, 2.75) is 25.5 Å². The molecule has 0 aliphatic carbocycles. The van der Waals surface area contributed by atoms with Gasteiger partial charge in [-0.2, -0.15) is 0 Å². The lowest BCUT2D eigenvalue weighted by molar-refractivity contribution is -0.132. The highest BCUT2D eigenvalue weighted by Gasteiger charge is 2.23. The molecule has 102 valence electrons. The first-order valence-electron chi connectivity index (χ1n) is 6.30. The molecule has 0 bridgehead atoms. The Kier molecular flexibility index (Phi) is 4.85. The number of nitrogens with zero attached hydrogens (tertiary/aromatic N) is 1. The summed E-state index contributed by atoms with van der Waals surface area (Å²) in [6, 6.07) is 3.65. The third-order valence-electron chi connectivity index (χ3n) is 2.88. The van der Waals surface area contributed by atoms with Crippen LogP contribution < -0.4 is 10.6 Å². The van der Waals surface area contributed by atoms with Crippen LogP contribution in [0.15, 0.2) is 24.5 Å². The van der Waals surface area contributed by atoms with Gasteiger partial charge in [0.15, 0.2) is 0 Å². The maximum absolute atomic E-state index is 11.6. The maximum Gasteiger partial charge on any atom is 0.249 e. The van der Waals surface area contributed by atoms with E-state index in [0.717, 1.165) is 18.4 Å². The first kappa shape index (κ1) is 13.5. The number of amides is 2. The third kappa shape index (κ3) is 4.33. The van der Waals surface area contributed by atoms with Crippen molar-refractivity contribution in [3.05, 3.63) is 30.1 Å². The summed E-state index contributed by atoms with van der Waals surface area (Å²) in [7, 11) is 0. The second kappa shape index (κ2) is 6.84. The lowest BCUT2D eigenvalue weighted by Gasteiger charge is -2.10. The molecular formula is C13H17N3O3. The predicted molar refractivity (Wildman–Crippen MR) is 68.1 cm³/mol. The van der Waals surface area contributed by atoms with E-state index in [4.69, 9.17) is 4.74 Å². The summed E-state index contributed by atoms with van der Waals surface area (Å²) in [6.07, 6.45) is 4.56. The van der Waals surface area contributed by atoms with Crippen molar-refractivity contribution >= 4 is 11.8 Å². The zero-order chi connectivity index (χ0) is 13.5. The van der Waals surface area contributed by atoms with Crippen LogP contribution in [0.25, 0.3) is 0 Å². The summed E-state index contributed by atoms with van der Waals surface area (Å²) in [5, 5.41) is 5.29. The molecule has 1 aromatic heterocycles. The molecule has 1 atom stereocenters. The molecular weight excluding hydrogens is 246 g/mol. The van der Waals surface area contributed by atoms with Crippen LogP contribution in [-0.4, -0.2) is 36.1 Å². The van der Waals surface area contributed by atoms with E-state index >= 15 is 0 Å². The number of nitrogens with one attached hydrogen (secondary N) is 2. The number of ether oxygens (including phenoxy) is 1. The van der Waals surface area contributed by atoms with Crippen molar-refractivity contribution in [2.24, 2.45) is 0 Å². The molecule has 1 aliphatic heterocycles. The molecule has 1 aliphatic rings. The van der Waals surface area contributed by atoms with Crippen LogP contribution in [0.1, 0.15) is 18.4 Å². The summed E-state index contributed by atoms with van der Waals surface area (Å²) in [5.74, 6) is -0.431. The van der Waals surface area contributed by atoms with Gasteiger partial charge in [0, 0.05) is 25.5 Å². The summed E-state index contributed by atoms with van der Waals surface area (Å²) < 4.78 is 5.23. The van der Waals surface area contributed by atoms with Crippen molar-refractivity contribution in [1.82, 2.24) is 15.6 Å². The molecule has 1 aromatic rings. The van der Waals surface area contributed by atoms with Crippen molar-refractivity contribution in [3.8, 4) is 0 Å². The molecule has 19 heavy (non-hydrogen) atoms. The van der Waals surface area contributed by atoms with E-state index in [0.29, 0.717) is 13.2 Å². The van der Waals surface area contributed by atoms with E-state index in [1.165, 1.54) is 0 Å². The van der Waals surface area contributed by atoms with Gasteiger partial charge < -0.3 is 15.4 Å². The maximum atomic E-state index is 11.6. The van der Waals surface area contributed by atoms with Crippen LogP contribution in [0.4, 0.5) is 0 Å². The van der Waals surface area contributed by atoms with Crippen molar-refractivity contribution in [3.63, 3.8) is 0 Å². The van der Waals surface area contributed by atoms with E-state index in [9.17, 15) is 9.59 Å². The van der Waals surface area contributed by atoms with Gasteiger partial charge in [0.1, 0.15) is 6.10 Å². The molecule has 0 saturated carbocycles. The fourth-order valence-electron chi connectivity index (χ4n) is 1.83. The number of rotatable bonds is 5. The minimum atomic E-state index is -0.395. The number of carbonyl (C=O) groups excluding carboxylic acids is 2. The summed E-state index contributed by atoms with van der Waals surface area (Å²) in [5.41, 5.74) is 0.966. The number of hydrogen-bond acceptors (Lipinski definition) is 4. The summed E-state index contributed by atoms with van der Waals surface area (Å²) >= 11 is 0. The van der Waals surface area contributed by atoms with Crippen LogP contribution in [-0.2, 0) is 20.9 Å². The van der Waals surface area contributed by atoms with Gasteiger partial charge in [-0.1, -0.05) is 0 Å². The van der Waals surface area contributed by atoms with Crippen LogP contribution in [0.2, 0.25) is 0 Å². The Morgan fingerprint density at radius 3 is 2.79 bits per heavy atom. The van der Waals surface area contributed by atoms with Gasteiger partial charge in [0.05, 0.1) is 6.54 Å². The highest BCUT2D eigenvalue weighted by molar-refractivity contribution is 5.86. The molecule has 6 nitrogen and oxygen atoms in total. The molecule has 2 amide bonds. The van der Waals surface area contributed by atoms with Gasteiger partial charge in [-0.15, -0.1) is 0 Å². The summed E-state index contributed by atoms with van der Waals surface area (Å²) in [4.78, 5) is 27.0. The number of pyridine rings is 1. The van der Waals surface area contributed by atoms with Gasteiger partial charge in [-0.3, -0.25) is 14.6 Å². The molecule has 2 rings (SSSR count). The smallest absolute Gasteiger partial charge is 0.249 e. The lowest BCUT2D eigenvalue weighted by Crippen LogP contribution is -2.41. The molecule has 1 fully saturated rings. The van der Waals surface area contributed by atoms with Crippen LogP contribution >= 0.6 is 0 Å². The van der Waals surface area contributed by atoms with E-state index in [1.807, 2.05) is 12.1 Å². The molecule has 6 heteroatoms. The molecule has 2 N–H and O–H groups in total. The Labute approximate surface area is 111 Å². The number of aromatic nitrogens is 1. The van der Waals surface area contributed by atoms with E-state index in [-0.39, 0.29) is 18.4 Å². The zero-order valence-electron chi connectivity index (χ0n) is 10.6. The Morgan fingerprint density at radius 2 is 2.11 bits per heavy atom. The van der Waals surface area contributed by atoms with Crippen molar-refractivity contribution in [1.29, 1.82) is 0 Å². The Morgan fingerprint density at radius 1 is 1.32 bits per heavy atom. The first-order chi connectivity index (χ1) is 9.25. The largest absolute Gasteiger partial charge is 0.368 e. The Hall–Kier alpha value is -1.95. The predicted octanol–water partition coefficient (Wildman–Crippen LogP) is -0.00700. The second-order valence-corrected chi connectivity index (χ2v) is 4.35. The number of carbonyl (C=O) groups is 2. The van der Waals surface area contributed by atoms with Crippen LogP contribution in [0, 0.1) is 0 Å². The molecule has 0 spiro atoms. The van der Waals surface area contributed by atoms with Crippen LogP contribution in [0.3, 0.4) is 0 Å². The topological polar surface area (TPSA) is 80.3 Å². The second-order valence-electron chi connectivity index (χ2n) is 4.35. The van der Waals surface area contributed by atoms with Gasteiger partial charge in [-0.05, 0) is 30.5 Å². The fraction of sp³-hybridized carbons (Fsp3) is 0.462. The van der Waals surface area contributed by atoms with Crippen molar-refractivity contribution in [2.75, 3.05) is 13.2 Å². The highest BCUT2D eigenvalue weighted by Crippen LogP contribution is 2.11. The first-order valence-corrected chi connectivity index (χ1v) is 6.30. The van der Waals surface area contributed by atoms with Crippen molar-refractivity contribution < 1.29 is 14.3 Å². The minimum Gasteiger partial charge on any atom is -0.368 e. The van der Waals surface area contributed by atoms with Gasteiger partial charge >= 0.3 is 0 Å². The molecule has 0 radical (unpaired) electrons.